The minimum absolute atomic E-state index is 0.159. The lowest BCUT2D eigenvalue weighted by atomic mass is 9.97. The van der Waals surface area contributed by atoms with Crippen LogP contribution in [0.15, 0.2) is 35.3 Å². The molecule has 1 aromatic carbocycles. The molecule has 0 saturated carbocycles. The summed E-state index contributed by atoms with van der Waals surface area (Å²) in [4.78, 5) is 8.27. The molecule has 0 bridgehead atoms. The monoisotopic (exact) mass is 287 g/mol. The van der Waals surface area contributed by atoms with Gasteiger partial charge in [-0.3, -0.25) is 4.99 Å². The number of hydrogen-bond acceptors (Lipinski definition) is 3. The summed E-state index contributed by atoms with van der Waals surface area (Å²) in [5.74, 6) is 0. The molecule has 0 atom stereocenters. The molecule has 106 valence electrons. The molecule has 0 unspecified atom stereocenters. The molecule has 1 spiro atoms. The second-order valence-corrected chi connectivity index (χ2v) is 6.35. The van der Waals surface area contributed by atoms with Gasteiger partial charge in [-0.05, 0) is 13.8 Å². The van der Waals surface area contributed by atoms with E-state index in [1.807, 2.05) is 18.2 Å². The molecule has 0 aliphatic carbocycles. The lowest BCUT2D eigenvalue weighted by Crippen LogP contribution is -2.52. The molecule has 4 heteroatoms. The number of nitrogens with zero attached hydrogens (tertiary/aromatic N) is 2. The van der Waals surface area contributed by atoms with E-state index in [0.29, 0.717) is 6.04 Å². The Balaban J connectivity index is 1.81. The Bertz CT molecular complexity index is 528. The standard InChI is InChI=1S/C16H21N3S/c1-12(2)19-10-8-16(9-11-19)17-14(15(20)18-16)13-6-4-3-5-7-13/h3-7,12H,8-11H2,1-2H3,(H,18,20). The second kappa shape index (κ2) is 5.26. The summed E-state index contributed by atoms with van der Waals surface area (Å²) < 4.78 is 0. The van der Waals surface area contributed by atoms with Gasteiger partial charge in [-0.25, -0.2) is 0 Å². The van der Waals surface area contributed by atoms with Gasteiger partial charge in [0.1, 0.15) is 16.4 Å². The van der Waals surface area contributed by atoms with Crippen LogP contribution in [0.5, 0.6) is 0 Å². The molecular weight excluding hydrogens is 266 g/mol. The molecule has 0 radical (unpaired) electrons. The zero-order chi connectivity index (χ0) is 14.2. The Morgan fingerprint density at radius 3 is 2.45 bits per heavy atom. The normalized spacial score (nSPS) is 22.1. The Morgan fingerprint density at radius 2 is 1.85 bits per heavy atom. The molecule has 20 heavy (non-hydrogen) atoms. The molecule has 2 heterocycles. The first kappa shape index (κ1) is 13.7. The predicted molar refractivity (Wildman–Crippen MR) is 87.4 cm³/mol. The van der Waals surface area contributed by atoms with Crippen LogP contribution in [0.2, 0.25) is 0 Å². The minimum Gasteiger partial charge on any atom is -0.350 e. The summed E-state index contributed by atoms with van der Waals surface area (Å²) in [6, 6.07) is 10.9. The fourth-order valence-electron chi connectivity index (χ4n) is 3.00. The molecule has 1 aromatic rings. The van der Waals surface area contributed by atoms with E-state index < -0.39 is 0 Å². The van der Waals surface area contributed by atoms with E-state index in [2.05, 4.69) is 36.2 Å². The van der Waals surface area contributed by atoms with Crippen molar-refractivity contribution in [3.63, 3.8) is 0 Å². The molecule has 0 amide bonds. The average molecular weight is 287 g/mol. The lowest BCUT2D eigenvalue weighted by molar-refractivity contribution is 0.128. The number of benzene rings is 1. The van der Waals surface area contributed by atoms with Crippen molar-refractivity contribution in [1.29, 1.82) is 0 Å². The lowest BCUT2D eigenvalue weighted by Gasteiger charge is -2.39. The third kappa shape index (κ3) is 2.50. The third-order valence-electron chi connectivity index (χ3n) is 4.29. The van der Waals surface area contributed by atoms with Crippen LogP contribution < -0.4 is 5.32 Å². The largest absolute Gasteiger partial charge is 0.350 e. The van der Waals surface area contributed by atoms with Crippen LogP contribution in [0.25, 0.3) is 0 Å². The first-order valence-corrected chi connectivity index (χ1v) is 7.72. The molecule has 1 N–H and O–H groups in total. The number of rotatable bonds is 2. The number of hydrogen-bond donors (Lipinski definition) is 1. The highest BCUT2D eigenvalue weighted by Crippen LogP contribution is 2.29. The van der Waals surface area contributed by atoms with Gasteiger partial charge in [0.05, 0.1) is 0 Å². The van der Waals surface area contributed by atoms with Gasteiger partial charge in [0.25, 0.3) is 0 Å². The van der Waals surface area contributed by atoms with Crippen LogP contribution in [-0.2, 0) is 0 Å². The van der Waals surface area contributed by atoms with Crippen molar-refractivity contribution < 1.29 is 0 Å². The Hall–Kier alpha value is -1.26. The minimum atomic E-state index is -0.159. The number of thiocarbonyl (C=S) groups is 1. The van der Waals surface area contributed by atoms with Crippen molar-refractivity contribution in [3.8, 4) is 0 Å². The zero-order valence-corrected chi connectivity index (χ0v) is 12.9. The van der Waals surface area contributed by atoms with Gasteiger partial charge in [0.2, 0.25) is 0 Å². The van der Waals surface area contributed by atoms with Crippen molar-refractivity contribution in [3.05, 3.63) is 35.9 Å². The predicted octanol–water partition coefficient (Wildman–Crippen LogP) is 2.61. The summed E-state index contributed by atoms with van der Waals surface area (Å²) in [7, 11) is 0. The van der Waals surface area contributed by atoms with E-state index in [-0.39, 0.29) is 5.66 Å². The highest BCUT2D eigenvalue weighted by atomic mass is 32.1. The maximum atomic E-state index is 5.50. The molecule has 2 aliphatic rings. The summed E-state index contributed by atoms with van der Waals surface area (Å²) in [5.41, 5.74) is 1.92. The third-order valence-corrected chi connectivity index (χ3v) is 4.59. The van der Waals surface area contributed by atoms with Gasteiger partial charge < -0.3 is 10.2 Å². The van der Waals surface area contributed by atoms with E-state index in [0.717, 1.165) is 42.2 Å². The maximum absolute atomic E-state index is 5.50. The smallest absolute Gasteiger partial charge is 0.133 e. The van der Waals surface area contributed by atoms with Crippen LogP contribution in [0.4, 0.5) is 0 Å². The van der Waals surface area contributed by atoms with Crippen molar-refractivity contribution in [2.75, 3.05) is 13.1 Å². The SMILES string of the molecule is CC(C)N1CCC2(CC1)N=C(c1ccccc1)C(=S)N2. The van der Waals surface area contributed by atoms with Crippen LogP contribution >= 0.6 is 12.2 Å². The first-order valence-electron chi connectivity index (χ1n) is 7.31. The molecule has 1 fully saturated rings. The van der Waals surface area contributed by atoms with Crippen LogP contribution in [0.1, 0.15) is 32.3 Å². The summed E-state index contributed by atoms with van der Waals surface area (Å²) >= 11 is 5.50. The Labute approximate surface area is 126 Å². The zero-order valence-electron chi connectivity index (χ0n) is 12.1. The second-order valence-electron chi connectivity index (χ2n) is 5.94. The first-order chi connectivity index (χ1) is 9.60. The highest BCUT2D eigenvalue weighted by Gasteiger charge is 2.40. The van der Waals surface area contributed by atoms with E-state index >= 15 is 0 Å². The van der Waals surface area contributed by atoms with Crippen molar-refractivity contribution >= 4 is 22.9 Å². The van der Waals surface area contributed by atoms with Gasteiger partial charge in [-0.2, -0.15) is 0 Å². The van der Waals surface area contributed by atoms with E-state index in [1.54, 1.807) is 0 Å². The Morgan fingerprint density at radius 1 is 1.20 bits per heavy atom. The average Bonchev–Trinajstić information content (AvgIpc) is 2.77. The van der Waals surface area contributed by atoms with Crippen molar-refractivity contribution in [2.24, 2.45) is 4.99 Å². The molecule has 3 nitrogen and oxygen atoms in total. The quantitative estimate of drug-likeness (QED) is 0.847. The van der Waals surface area contributed by atoms with Gasteiger partial charge in [0.15, 0.2) is 0 Å². The van der Waals surface area contributed by atoms with Gasteiger partial charge in [-0.15, -0.1) is 0 Å². The highest BCUT2D eigenvalue weighted by molar-refractivity contribution is 7.82. The van der Waals surface area contributed by atoms with E-state index in [1.165, 1.54) is 0 Å². The number of likely N-dealkylation sites (tertiary alicyclic amines) is 1. The van der Waals surface area contributed by atoms with Crippen molar-refractivity contribution in [1.82, 2.24) is 10.2 Å². The van der Waals surface area contributed by atoms with E-state index in [9.17, 15) is 0 Å². The summed E-state index contributed by atoms with van der Waals surface area (Å²) in [5, 5.41) is 3.48. The van der Waals surface area contributed by atoms with Crippen molar-refractivity contribution in [2.45, 2.75) is 38.4 Å². The van der Waals surface area contributed by atoms with Crippen LogP contribution in [0, 0.1) is 0 Å². The number of piperidine rings is 1. The fourth-order valence-corrected chi connectivity index (χ4v) is 3.36. The summed E-state index contributed by atoms with van der Waals surface area (Å²) in [6.07, 6.45) is 2.06. The summed E-state index contributed by atoms with van der Waals surface area (Å²) in [6.45, 7) is 6.67. The van der Waals surface area contributed by atoms with Crippen LogP contribution in [0.3, 0.4) is 0 Å². The maximum Gasteiger partial charge on any atom is 0.133 e. The Kier molecular flexibility index (Phi) is 3.61. The molecular formula is C16H21N3S. The van der Waals surface area contributed by atoms with Gasteiger partial charge in [0, 0.05) is 37.5 Å². The van der Waals surface area contributed by atoms with Gasteiger partial charge >= 0.3 is 0 Å². The topological polar surface area (TPSA) is 27.6 Å². The van der Waals surface area contributed by atoms with E-state index in [4.69, 9.17) is 17.2 Å². The van der Waals surface area contributed by atoms with Gasteiger partial charge in [-0.1, -0.05) is 42.5 Å². The number of nitrogens with one attached hydrogen (secondary N) is 1. The molecule has 3 rings (SSSR count). The number of aliphatic imine (C=N–C) groups is 1. The van der Waals surface area contributed by atoms with Crippen LogP contribution in [-0.4, -0.2) is 40.4 Å². The molecule has 1 saturated heterocycles. The molecule has 2 aliphatic heterocycles. The fraction of sp³-hybridized carbons (Fsp3) is 0.500. The molecule has 0 aromatic heterocycles.